The zero-order valence-corrected chi connectivity index (χ0v) is 16.9. The minimum absolute atomic E-state index is 0.0543. The van der Waals surface area contributed by atoms with Crippen LogP contribution in [0.15, 0.2) is 53.9 Å². The molecule has 2 aromatic carbocycles. The second-order valence-corrected chi connectivity index (χ2v) is 7.42. The molecule has 1 aromatic heterocycles. The number of fused-ring (bicyclic) bond motifs is 1. The van der Waals surface area contributed by atoms with Crippen molar-refractivity contribution in [2.45, 2.75) is 19.4 Å². The van der Waals surface area contributed by atoms with Crippen LogP contribution in [0.4, 0.5) is 0 Å². The molecule has 4 rings (SSSR count). The van der Waals surface area contributed by atoms with Crippen molar-refractivity contribution in [3.8, 4) is 17.7 Å². The number of nitrogens with one attached hydrogen (secondary N) is 1. The molecule has 3 N–H and O–H groups in total. The molecule has 0 bridgehead atoms. The number of ether oxygens (including phenoxy) is 2. The summed E-state index contributed by atoms with van der Waals surface area (Å²) >= 11 is 12.0. The first kappa shape index (κ1) is 19.2. The largest absolute Gasteiger partial charge is 0.489 e. The highest BCUT2D eigenvalue weighted by atomic mass is 35.5. The lowest BCUT2D eigenvalue weighted by molar-refractivity contribution is 0.306. The van der Waals surface area contributed by atoms with Crippen molar-refractivity contribution < 1.29 is 9.47 Å². The zero-order chi connectivity index (χ0) is 20.5. The lowest BCUT2D eigenvalue weighted by Crippen LogP contribution is -2.21. The van der Waals surface area contributed by atoms with Gasteiger partial charge in [-0.05, 0) is 42.3 Å². The Labute approximate surface area is 177 Å². The SMILES string of the molecule is Cc1[nH]nc2c1C(c1cccc(OCc3ccc(Cl)c(Cl)c3)c1)C(C#N)=C(N)O2. The van der Waals surface area contributed by atoms with Crippen LogP contribution in [0.2, 0.25) is 10.0 Å². The number of aryl methyl sites for hydroxylation is 1. The molecule has 0 spiro atoms. The van der Waals surface area contributed by atoms with Gasteiger partial charge in [-0.3, -0.25) is 5.10 Å². The van der Waals surface area contributed by atoms with Crippen LogP contribution in [0.3, 0.4) is 0 Å². The molecule has 0 aliphatic carbocycles. The molecule has 146 valence electrons. The lowest BCUT2D eigenvalue weighted by Gasteiger charge is -2.24. The van der Waals surface area contributed by atoms with E-state index in [4.69, 9.17) is 38.4 Å². The third-order valence-corrected chi connectivity index (χ3v) is 5.45. The Morgan fingerprint density at radius 3 is 2.83 bits per heavy atom. The van der Waals surface area contributed by atoms with Gasteiger partial charge in [-0.25, -0.2) is 0 Å². The van der Waals surface area contributed by atoms with E-state index in [-0.39, 0.29) is 5.88 Å². The molecule has 8 heteroatoms. The van der Waals surface area contributed by atoms with Gasteiger partial charge >= 0.3 is 0 Å². The van der Waals surface area contributed by atoms with Crippen molar-refractivity contribution in [1.29, 1.82) is 5.26 Å². The van der Waals surface area contributed by atoms with Crippen LogP contribution < -0.4 is 15.2 Å². The summed E-state index contributed by atoms with van der Waals surface area (Å²) in [5, 5.41) is 17.7. The van der Waals surface area contributed by atoms with E-state index in [9.17, 15) is 5.26 Å². The Balaban J connectivity index is 1.65. The standard InChI is InChI=1S/C21H16Cl2N4O2/c1-11-18-19(15(9-24)20(25)29-21(18)27-26-11)13-3-2-4-14(8-13)28-10-12-5-6-16(22)17(23)7-12/h2-8,19H,10,25H2,1H3,(H,26,27). The van der Waals surface area contributed by atoms with Crippen molar-refractivity contribution in [3.63, 3.8) is 0 Å². The van der Waals surface area contributed by atoms with Gasteiger partial charge < -0.3 is 15.2 Å². The maximum Gasteiger partial charge on any atom is 0.244 e. The molecule has 0 fully saturated rings. The van der Waals surface area contributed by atoms with Gasteiger partial charge in [0.1, 0.15) is 24.0 Å². The van der Waals surface area contributed by atoms with Crippen LogP contribution in [-0.2, 0) is 6.61 Å². The van der Waals surface area contributed by atoms with Gasteiger partial charge in [-0.2, -0.15) is 5.26 Å². The van der Waals surface area contributed by atoms with Gasteiger partial charge in [0.25, 0.3) is 0 Å². The summed E-state index contributed by atoms with van der Waals surface area (Å²) in [6, 6.07) is 15.0. The number of aromatic amines is 1. The number of nitrogens with two attached hydrogens (primary N) is 1. The predicted molar refractivity (Wildman–Crippen MR) is 110 cm³/mol. The fourth-order valence-electron chi connectivity index (χ4n) is 3.31. The molecular formula is C21H16Cl2N4O2. The number of hydrogen-bond donors (Lipinski definition) is 2. The van der Waals surface area contributed by atoms with Crippen LogP contribution in [0.25, 0.3) is 0 Å². The number of nitrogens with zero attached hydrogens (tertiary/aromatic N) is 2. The molecule has 0 amide bonds. The Morgan fingerprint density at radius 1 is 1.24 bits per heavy atom. The topological polar surface area (TPSA) is 97.0 Å². The van der Waals surface area contributed by atoms with E-state index in [0.717, 1.165) is 22.4 Å². The smallest absolute Gasteiger partial charge is 0.244 e. The van der Waals surface area contributed by atoms with Crippen LogP contribution in [0, 0.1) is 18.3 Å². The Bertz CT molecular complexity index is 1160. The van der Waals surface area contributed by atoms with Crippen molar-refractivity contribution in [2.75, 3.05) is 0 Å². The summed E-state index contributed by atoms with van der Waals surface area (Å²) in [7, 11) is 0. The number of allylic oxidation sites excluding steroid dienone is 1. The fourth-order valence-corrected chi connectivity index (χ4v) is 3.63. The molecule has 3 aromatic rings. The maximum atomic E-state index is 9.66. The molecule has 29 heavy (non-hydrogen) atoms. The third kappa shape index (κ3) is 3.63. The van der Waals surface area contributed by atoms with Gasteiger partial charge in [-0.15, -0.1) is 5.10 Å². The second kappa shape index (κ2) is 7.70. The van der Waals surface area contributed by atoms with E-state index < -0.39 is 5.92 Å². The summed E-state index contributed by atoms with van der Waals surface area (Å²) in [6.07, 6.45) is 0. The third-order valence-electron chi connectivity index (χ3n) is 4.71. The van der Waals surface area contributed by atoms with Crippen molar-refractivity contribution in [3.05, 3.63) is 86.4 Å². The van der Waals surface area contributed by atoms with E-state index in [1.54, 1.807) is 12.1 Å². The van der Waals surface area contributed by atoms with E-state index in [2.05, 4.69) is 16.3 Å². The summed E-state index contributed by atoms with van der Waals surface area (Å²) < 4.78 is 11.4. The van der Waals surface area contributed by atoms with Crippen LogP contribution >= 0.6 is 23.2 Å². The minimum Gasteiger partial charge on any atom is -0.489 e. The van der Waals surface area contributed by atoms with Crippen molar-refractivity contribution >= 4 is 23.2 Å². The number of benzene rings is 2. The first-order valence-electron chi connectivity index (χ1n) is 8.77. The van der Waals surface area contributed by atoms with Crippen LogP contribution in [0.5, 0.6) is 11.6 Å². The number of nitriles is 1. The van der Waals surface area contributed by atoms with E-state index in [0.29, 0.717) is 33.9 Å². The molecule has 1 atom stereocenters. The minimum atomic E-state index is -0.393. The Hall–Kier alpha value is -3.14. The van der Waals surface area contributed by atoms with Gasteiger partial charge in [0.05, 0.1) is 16.0 Å². The Kier molecular flexibility index (Phi) is 5.10. The first-order chi connectivity index (χ1) is 14.0. The molecule has 1 aliphatic rings. The number of rotatable bonds is 4. The number of halogens is 2. The van der Waals surface area contributed by atoms with Crippen LogP contribution in [-0.4, -0.2) is 10.2 Å². The first-order valence-corrected chi connectivity index (χ1v) is 9.52. The average molecular weight is 427 g/mol. The highest BCUT2D eigenvalue weighted by Crippen LogP contribution is 2.43. The summed E-state index contributed by atoms with van der Waals surface area (Å²) in [5.41, 5.74) is 9.65. The molecule has 2 heterocycles. The van der Waals surface area contributed by atoms with Gasteiger partial charge in [0.15, 0.2) is 0 Å². The van der Waals surface area contributed by atoms with E-state index in [1.165, 1.54) is 0 Å². The van der Waals surface area contributed by atoms with E-state index in [1.807, 2.05) is 37.3 Å². The molecular weight excluding hydrogens is 411 g/mol. The van der Waals surface area contributed by atoms with E-state index >= 15 is 0 Å². The molecule has 1 aliphatic heterocycles. The normalized spacial score (nSPS) is 15.4. The number of hydrogen-bond acceptors (Lipinski definition) is 5. The van der Waals surface area contributed by atoms with Crippen molar-refractivity contribution in [2.24, 2.45) is 5.73 Å². The summed E-state index contributed by atoms with van der Waals surface area (Å²) in [6.45, 7) is 2.20. The predicted octanol–water partition coefficient (Wildman–Crippen LogP) is 4.82. The average Bonchev–Trinajstić information content (AvgIpc) is 3.08. The fraction of sp³-hybridized carbons (Fsp3) is 0.143. The molecule has 6 nitrogen and oxygen atoms in total. The quantitative estimate of drug-likeness (QED) is 0.622. The van der Waals surface area contributed by atoms with Gasteiger partial charge in [0, 0.05) is 11.3 Å². The molecule has 0 saturated heterocycles. The number of aromatic nitrogens is 2. The molecule has 1 unspecified atom stereocenters. The summed E-state index contributed by atoms with van der Waals surface area (Å²) in [5.74, 6) is 0.694. The highest BCUT2D eigenvalue weighted by Gasteiger charge is 2.34. The Morgan fingerprint density at radius 2 is 2.07 bits per heavy atom. The van der Waals surface area contributed by atoms with Crippen LogP contribution in [0.1, 0.15) is 28.3 Å². The highest BCUT2D eigenvalue weighted by molar-refractivity contribution is 6.42. The van der Waals surface area contributed by atoms with Crippen molar-refractivity contribution in [1.82, 2.24) is 10.2 Å². The number of H-pyrrole nitrogens is 1. The molecule has 0 radical (unpaired) electrons. The summed E-state index contributed by atoms with van der Waals surface area (Å²) in [4.78, 5) is 0. The zero-order valence-electron chi connectivity index (χ0n) is 15.4. The monoisotopic (exact) mass is 426 g/mol. The van der Waals surface area contributed by atoms with Gasteiger partial charge in [0.2, 0.25) is 11.8 Å². The molecule has 0 saturated carbocycles. The van der Waals surface area contributed by atoms with Gasteiger partial charge in [-0.1, -0.05) is 41.4 Å². The maximum absolute atomic E-state index is 9.66. The lowest BCUT2D eigenvalue weighted by atomic mass is 9.84. The second-order valence-electron chi connectivity index (χ2n) is 6.60.